The van der Waals surface area contributed by atoms with Gasteiger partial charge in [0.05, 0.1) is 7.11 Å². The van der Waals surface area contributed by atoms with Crippen LogP contribution < -0.4 is 15.4 Å². The molecule has 1 heterocycles. The van der Waals surface area contributed by atoms with Crippen LogP contribution in [0.5, 0.6) is 5.75 Å². The van der Waals surface area contributed by atoms with Crippen molar-refractivity contribution in [2.45, 2.75) is 33.7 Å². The summed E-state index contributed by atoms with van der Waals surface area (Å²) in [5.41, 5.74) is 5.23. The maximum absolute atomic E-state index is 5.47. The maximum atomic E-state index is 5.47. The maximum Gasteiger partial charge on any atom is 0.124 e. The van der Waals surface area contributed by atoms with Crippen molar-refractivity contribution in [1.29, 1.82) is 0 Å². The van der Waals surface area contributed by atoms with Gasteiger partial charge >= 0.3 is 0 Å². The van der Waals surface area contributed by atoms with E-state index in [1.54, 1.807) is 7.11 Å². The van der Waals surface area contributed by atoms with Crippen molar-refractivity contribution in [3.8, 4) is 5.75 Å². The molecule has 19 heavy (non-hydrogen) atoms. The van der Waals surface area contributed by atoms with Crippen LogP contribution in [0, 0.1) is 26.7 Å². The Morgan fingerprint density at radius 3 is 2.74 bits per heavy atom. The van der Waals surface area contributed by atoms with Crippen LogP contribution in [0.2, 0.25) is 0 Å². The second kappa shape index (κ2) is 6.40. The second-order valence-electron chi connectivity index (χ2n) is 5.63. The van der Waals surface area contributed by atoms with Gasteiger partial charge in [-0.15, -0.1) is 0 Å². The van der Waals surface area contributed by atoms with Crippen LogP contribution in [0.4, 0.5) is 0 Å². The van der Waals surface area contributed by atoms with Crippen LogP contribution in [0.1, 0.15) is 28.7 Å². The molecule has 1 aliphatic heterocycles. The van der Waals surface area contributed by atoms with Gasteiger partial charge in [-0.05, 0) is 75.0 Å². The number of nitrogens with one attached hydrogen (secondary N) is 2. The zero-order chi connectivity index (χ0) is 13.8. The molecule has 106 valence electrons. The molecule has 0 amide bonds. The summed E-state index contributed by atoms with van der Waals surface area (Å²) in [6.45, 7) is 10.8. The van der Waals surface area contributed by atoms with Gasteiger partial charge in [-0.3, -0.25) is 0 Å². The summed E-state index contributed by atoms with van der Waals surface area (Å²) in [6, 6.07) is 2.25. The Morgan fingerprint density at radius 2 is 2.11 bits per heavy atom. The molecule has 2 N–H and O–H groups in total. The highest BCUT2D eigenvalue weighted by Gasteiger charge is 2.14. The Labute approximate surface area is 116 Å². The smallest absolute Gasteiger partial charge is 0.124 e. The second-order valence-corrected chi connectivity index (χ2v) is 5.63. The molecule has 0 spiro atoms. The Kier molecular flexibility index (Phi) is 4.83. The van der Waals surface area contributed by atoms with Crippen LogP contribution in [0.25, 0.3) is 0 Å². The normalized spacial score (nSPS) is 18.8. The molecule has 0 saturated carbocycles. The van der Waals surface area contributed by atoms with Gasteiger partial charge in [0.25, 0.3) is 0 Å². The lowest BCUT2D eigenvalue weighted by molar-refractivity contribution is 0.407. The van der Waals surface area contributed by atoms with E-state index >= 15 is 0 Å². The predicted molar refractivity (Wildman–Crippen MR) is 79.9 cm³/mol. The zero-order valence-electron chi connectivity index (χ0n) is 12.6. The fraction of sp³-hybridized carbons (Fsp3) is 0.625. The van der Waals surface area contributed by atoms with Gasteiger partial charge in [0.1, 0.15) is 5.75 Å². The number of rotatable bonds is 5. The topological polar surface area (TPSA) is 33.3 Å². The Morgan fingerprint density at radius 1 is 1.32 bits per heavy atom. The standard InChI is InChI=1S/C16H26N2O/c1-11-7-15(12(2)13(3)16(11)19-4)10-18-9-14-5-6-17-8-14/h7,14,17-18H,5-6,8-10H2,1-4H3. The summed E-state index contributed by atoms with van der Waals surface area (Å²) in [5, 5.41) is 7.00. The highest BCUT2D eigenvalue weighted by Crippen LogP contribution is 2.28. The van der Waals surface area contributed by atoms with Crippen LogP contribution in [0.15, 0.2) is 6.07 Å². The molecule has 1 aromatic carbocycles. The van der Waals surface area contributed by atoms with Gasteiger partial charge in [0, 0.05) is 6.54 Å². The monoisotopic (exact) mass is 262 g/mol. The first-order chi connectivity index (χ1) is 9.13. The van der Waals surface area contributed by atoms with Gasteiger partial charge in [-0.25, -0.2) is 0 Å². The van der Waals surface area contributed by atoms with E-state index < -0.39 is 0 Å². The summed E-state index contributed by atoms with van der Waals surface area (Å²) in [5.74, 6) is 1.82. The van der Waals surface area contributed by atoms with E-state index in [1.165, 1.54) is 35.2 Å². The molecule has 3 nitrogen and oxygen atoms in total. The number of hydrogen-bond acceptors (Lipinski definition) is 3. The minimum atomic E-state index is 0.792. The van der Waals surface area contributed by atoms with E-state index in [0.29, 0.717) is 0 Å². The Hall–Kier alpha value is -1.06. The Bertz CT molecular complexity index is 437. The van der Waals surface area contributed by atoms with E-state index in [2.05, 4.69) is 37.5 Å². The summed E-state index contributed by atoms with van der Waals surface area (Å²) >= 11 is 0. The molecule has 1 fully saturated rings. The molecule has 0 radical (unpaired) electrons. The first-order valence-electron chi connectivity index (χ1n) is 7.18. The molecule has 3 heteroatoms. The molecule has 0 aromatic heterocycles. The summed E-state index contributed by atoms with van der Waals surface area (Å²) < 4.78 is 5.47. The zero-order valence-corrected chi connectivity index (χ0v) is 12.6. The fourth-order valence-corrected chi connectivity index (χ4v) is 2.94. The number of hydrogen-bond donors (Lipinski definition) is 2. The third-order valence-electron chi connectivity index (χ3n) is 4.25. The van der Waals surface area contributed by atoms with Crippen molar-refractivity contribution in [1.82, 2.24) is 10.6 Å². The van der Waals surface area contributed by atoms with E-state index in [-0.39, 0.29) is 0 Å². The van der Waals surface area contributed by atoms with Gasteiger partial charge in [-0.2, -0.15) is 0 Å². The lowest BCUT2D eigenvalue weighted by atomic mass is 9.98. The molecule has 1 aromatic rings. The lowest BCUT2D eigenvalue weighted by Gasteiger charge is -2.17. The fourth-order valence-electron chi connectivity index (χ4n) is 2.94. The molecule has 1 aliphatic rings. The molecule has 2 rings (SSSR count). The molecular weight excluding hydrogens is 236 g/mol. The minimum absolute atomic E-state index is 0.792. The van der Waals surface area contributed by atoms with Gasteiger partial charge in [0.2, 0.25) is 0 Å². The molecular formula is C16H26N2O. The first kappa shape index (κ1) is 14.4. The average molecular weight is 262 g/mol. The highest BCUT2D eigenvalue weighted by atomic mass is 16.5. The highest BCUT2D eigenvalue weighted by molar-refractivity contribution is 5.48. The molecule has 1 saturated heterocycles. The molecule has 1 unspecified atom stereocenters. The molecule has 0 bridgehead atoms. The molecule has 0 aliphatic carbocycles. The number of aryl methyl sites for hydroxylation is 1. The van der Waals surface area contributed by atoms with Crippen molar-refractivity contribution in [2.75, 3.05) is 26.7 Å². The van der Waals surface area contributed by atoms with Gasteiger partial charge in [0.15, 0.2) is 0 Å². The Balaban J connectivity index is 1.99. The van der Waals surface area contributed by atoms with Crippen molar-refractivity contribution in [3.63, 3.8) is 0 Å². The van der Waals surface area contributed by atoms with E-state index in [4.69, 9.17) is 4.74 Å². The van der Waals surface area contributed by atoms with Crippen LogP contribution in [-0.2, 0) is 6.54 Å². The van der Waals surface area contributed by atoms with Crippen molar-refractivity contribution < 1.29 is 4.74 Å². The van der Waals surface area contributed by atoms with Gasteiger partial charge < -0.3 is 15.4 Å². The third kappa shape index (κ3) is 3.28. The number of benzene rings is 1. The SMILES string of the molecule is COc1c(C)cc(CNCC2CCNC2)c(C)c1C. The van der Waals surface area contributed by atoms with Crippen molar-refractivity contribution >= 4 is 0 Å². The largest absolute Gasteiger partial charge is 0.496 e. The van der Waals surface area contributed by atoms with E-state index in [9.17, 15) is 0 Å². The van der Waals surface area contributed by atoms with Crippen molar-refractivity contribution in [3.05, 3.63) is 28.3 Å². The summed E-state index contributed by atoms with van der Waals surface area (Å²) in [7, 11) is 1.75. The predicted octanol–water partition coefficient (Wildman–Crippen LogP) is 2.32. The van der Waals surface area contributed by atoms with E-state index in [1.807, 2.05) is 0 Å². The first-order valence-corrected chi connectivity index (χ1v) is 7.18. The summed E-state index contributed by atoms with van der Waals surface area (Å²) in [4.78, 5) is 0. The van der Waals surface area contributed by atoms with Gasteiger partial charge in [-0.1, -0.05) is 6.07 Å². The third-order valence-corrected chi connectivity index (χ3v) is 4.25. The molecule has 1 atom stereocenters. The quantitative estimate of drug-likeness (QED) is 0.854. The minimum Gasteiger partial charge on any atom is -0.496 e. The lowest BCUT2D eigenvalue weighted by Crippen LogP contribution is -2.24. The van der Waals surface area contributed by atoms with Crippen molar-refractivity contribution in [2.24, 2.45) is 5.92 Å². The number of ether oxygens (including phenoxy) is 1. The van der Waals surface area contributed by atoms with Crippen LogP contribution in [0.3, 0.4) is 0 Å². The summed E-state index contributed by atoms with van der Waals surface area (Å²) in [6.07, 6.45) is 1.30. The average Bonchev–Trinajstić information content (AvgIpc) is 2.89. The van der Waals surface area contributed by atoms with Crippen LogP contribution >= 0.6 is 0 Å². The number of methoxy groups -OCH3 is 1. The van der Waals surface area contributed by atoms with Crippen LogP contribution in [-0.4, -0.2) is 26.7 Å². The van der Waals surface area contributed by atoms with E-state index in [0.717, 1.165) is 31.3 Å².